The number of ketones is 1. The highest BCUT2D eigenvalue weighted by molar-refractivity contribution is 5.97. The van der Waals surface area contributed by atoms with Gasteiger partial charge in [-0.25, -0.2) is 0 Å². The molecule has 0 atom stereocenters. The first-order chi connectivity index (χ1) is 12.2. The summed E-state index contributed by atoms with van der Waals surface area (Å²) in [5, 5.41) is 3.69. The number of hydroxylamine groups is 1. The molecule has 2 heterocycles. The van der Waals surface area contributed by atoms with Crippen LogP contribution in [0, 0.1) is 0 Å². The van der Waals surface area contributed by atoms with Crippen molar-refractivity contribution in [3.8, 4) is 0 Å². The van der Waals surface area contributed by atoms with Gasteiger partial charge in [-0.2, -0.15) is 5.48 Å². The molecule has 2 saturated heterocycles. The molecule has 0 aromatic carbocycles. The molecule has 1 saturated carbocycles. The maximum Gasteiger partial charge on any atom is 0.189 e. The summed E-state index contributed by atoms with van der Waals surface area (Å²) in [4.78, 5) is 20.1. The lowest BCUT2D eigenvalue weighted by atomic mass is 9.66. The second-order valence-electron chi connectivity index (χ2n) is 10.5. The predicted molar refractivity (Wildman–Crippen MR) is 106 cm³/mol. The fourth-order valence-corrected chi connectivity index (χ4v) is 6.00. The van der Waals surface area contributed by atoms with Crippen molar-refractivity contribution in [2.45, 2.75) is 133 Å². The Bertz CT molecular complexity index is 484. The number of hydrogen-bond donors (Lipinski definition) is 2. The molecule has 0 unspecified atom stereocenters. The summed E-state index contributed by atoms with van der Waals surface area (Å²) < 4.78 is 0. The third-order valence-corrected chi connectivity index (χ3v) is 6.63. The van der Waals surface area contributed by atoms with Gasteiger partial charge < -0.3 is 5.32 Å². The molecule has 150 valence electrons. The van der Waals surface area contributed by atoms with E-state index in [1.807, 2.05) is 0 Å². The summed E-state index contributed by atoms with van der Waals surface area (Å²) in [5.41, 5.74) is 2.00. The van der Waals surface area contributed by atoms with E-state index >= 15 is 0 Å². The van der Waals surface area contributed by atoms with Gasteiger partial charge in [0.25, 0.3) is 0 Å². The van der Waals surface area contributed by atoms with Crippen LogP contribution in [0.2, 0.25) is 0 Å². The van der Waals surface area contributed by atoms with Gasteiger partial charge in [0.15, 0.2) is 11.4 Å². The molecular weight excluding hydrogens is 324 g/mol. The summed E-state index contributed by atoms with van der Waals surface area (Å²) in [6, 6.07) is 0. The van der Waals surface area contributed by atoms with Crippen molar-refractivity contribution < 1.29 is 9.63 Å². The van der Waals surface area contributed by atoms with Gasteiger partial charge in [-0.1, -0.05) is 57.8 Å². The Kier molecular flexibility index (Phi) is 5.87. The van der Waals surface area contributed by atoms with Crippen molar-refractivity contribution in [2.75, 3.05) is 0 Å². The summed E-state index contributed by atoms with van der Waals surface area (Å²) >= 11 is 0. The molecule has 2 spiro atoms. The second kappa shape index (κ2) is 7.52. The van der Waals surface area contributed by atoms with Crippen LogP contribution in [0.4, 0.5) is 0 Å². The number of rotatable bonds is 0. The van der Waals surface area contributed by atoms with Gasteiger partial charge in [0.2, 0.25) is 0 Å². The summed E-state index contributed by atoms with van der Waals surface area (Å²) in [6.45, 7) is 8.77. The molecule has 0 bridgehead atoms. The van der Waals surface area contributed by atoms with Crippen molar-refractivity contribution in [1.29, 1.82) is 0 Å². The zero-order chi connectivity index (χ0) is 18.9. The van der Waals surface area contributed by atoms with Gasteiger partial charge in [0, 0.05) is 23.9 Å². The first-order valence-electron chi connectivity index (χ1n) is 11.0. The van der Waals surface area contributed by atoms with Crippen molar-refractivity contribution in [2.24, 2.45) is 0 Å². The molecule has 0 amide bonds. The second-order valence-corrected chi connectivity index (χ2v) is 10.5. The van der Waals surface area contributed by atoms with E-state index in [2.05, 4.69) is 38.5 Å². The van der Waals surface area contributed by atoms with Gasteiger partial charge in [-0.15, -0.1) is 0 Å². The zero-order valence-electron chi connectivity index (χ0n) is 17.5. The highest BCUT2D eigenvalue weighted by Gasteiger charge is 2.62. The summed E-state index contributed by atoms with van der Waals surface area (Å²) in [7, 11) is 0. The van der Waals surface area contributed by atoms with Crippen molar-refractivity contribution in [3.05, 3.63) is 0 Å². The highest BCUT2D eigenvalue weighted by atomic mass is 16.7. The maximum absolute atomic E-state index is 13.8. The number of piperidine rings is 1. The maximum atomic E-state index is 13.8. The third-order valence-electron chi connectivity index (χ3n) is 6.63. The summed E-state index contributed by atoms with van der Waals surface area (Å²) in [6.07, 6.45) is 14.8. The largest absolute Gasteiger partial charge is 0.307 e. The molecule has 3 fully saturated rings. The van der Waals surface area contributed by atoms with Crippen LogP contribution in [0.3, 0.4) is 0 Å². The van der Waals surface area contributed by atoms with Crippen LogP contribution in [0.25, 0.3) is 0 Å². The number of Topliss-reactive ketones (excluding diaryl/α,β-unsaturated/α-hetero) is 1. The molecule has 2 N–H and O–H groups in total. The average Bonchev–Trinajstić information content (AvgIpc) is 2.74. The monoisotopic (exact) mass is 364 g/mol. The molecule has 0 aromatic heterocycles. The lowest BCUT2D eigenvalue weighted by Crippen LogP contribution is -2.66. The van der Waals surface area contributed by atoms with Crippen molar-refractivity contribution >= 4 is 5.78 Å². The molecular formula is C22H40N2O2. The minimum Gasteiger partial charge on any atom is -0.307 e. The minimum absolute atomic E-state index is 0.101. The fraction of sp³-hybridized carbons (Fsp3) is 0.955. The Morgan fingerprint density at radius 3 is 1.62 bits per heavy atom. The first kappa shape index (κ1) is 20.3. The number of carbonyl (C=O) groups is 1. The minimum atomic E-state index is -0.671. The van der Waals surface area contributed by atoms with E-state index in [0.29, 0.717) is 5.78 Å². The first-order valence-corrected chi connectivity index (χ1v) is 11.0. The van der Waals surface area contributed by atoms with Gasteiger partial charge >= 0.3 is 0 Å². The lowest BCUT2D eigenvalue weighted by Gasteiger charge is -2.49. The van der Waals surface area contributed by atoms with Crippen LogP contribution in [0.1, 0.15) is 111 Å². The Morgan fingerprint density at radius 2 is 1.15 bits per heavy atom. The van der Waals surface area contributed by atoms with Crippen molar-refractivity contribution in [1.82, 2.24) is 10.8 Å². The van der Waals surface area contributed by atoms with Gasteiger partial charge in [0.05, 0.1) is 0 Å². The van der Waals surface area contributed by atoms with E-state index in [1.54, 1.807) is 0 Å². The number of nitrogens with one attached hydrogen (secondary N) is 2. The lowest BCUT2D eigenvalue weighted by molar-refractivity contribution is -0.148. The quantitative estimate of drug-likeness (QED) is 0.647. The Balaban J connectivity index is 1.79. The molecule has 1 aliphatic carbocycles. The van der Waals surface area contributed by atoms with Crippen LogP contribution < -0.4 is 10.8 Å². The van der Waals surface area contributed by atoms with E-state index in [0.717, 1.165) is 38.5 Å². The molecule has 3 aliphatic rings. The van der Waals surface area contributed by atoms with Gasteiger partial charge in [-0.3, -0.25) is 9.63 Å². The van der Waals surface area contributed by atoms with Crippen LogP contribution in [0.15, 0.2) is 0 Å². The average molecular weight is 365 g/mol. The van der Waals surface area contributed by atoms with Crippen LogP contribution in [0.5, 0.6) is 0 Å². The molecule has 26 heavy (non-hydrogen) atoms. The van der Waals surface area contributed by atoms with E-state index in [1.165, 1.54) is 44.9 Å². The Hall–Kier alpha value is -0.450. The van der Waals surface area contributed by atoms with Gasteiger partial charge in [-0.05, 0) is 40.5 Å². The molecule has 4 nitrogen and oxygen atoms in total. The van der Waals surface area contributed by atoms with E-state index < -0.39 is 11.1 Å². The van der Waals surface area contributed by atoms with Gasteiger partial charge in [0.1, 0.15) is 5.54 Å². The SMILES string of the molecule is CC1(C)CC2(CC(C)(C)N1)ONC1(CCCCCCCCCCC1)C2=O. The van der Waals surface area contributed by atoms with E-state index in [9.17, 15) is 4.79 Å². The van der Waals surface area contributed by atoms with Crippen LogP contribution in [-0.4, -0.2) is 28.0 Å². The number of carbonyl (C=O) groups excluding carboxylic acids is 1. The Morgan fingerprint density at radius 1 is 0.731 bits per heavy atom. The zero-order valence-corrected chi connectivity index (χ0v) is 17.5. The molecule has 2 aliphatic heterocycles. The third kappa shape index (κ3) is 4.34. The Labute approximate surface area is 160 Å². The predicted octanol–water partition coefficient (Wildman–Crippen LogP) is 4.81. The molecule has 3 rings (SSSR count). The van der Waals surface area contributed by atoms with E-state index in [-0.39, 0.29) is 11.1 Å². The smallest absolute Gasteiger partial charge is 0.189 e. The molecule has 4 heteroatoms. The summed E-state index contributed by atoms with van der Waals surface area (Å²) in [5.74, 6) is 0.338. The number of hydrogen-bond acceptors (Lipinski definition) is 4. The molecule has 0 aromatic rings. The van der Waals surface area contributed by atoms with Crippen molar-refractivity contribution in [3.63, 3.8) is 0 Å². The van der Waals surface area contributed by atoms with Crippen LogP contribution in [-0.2, 0) is 9.63 Å². The van der Waals surface area contributed by atoms with E-state index in [4.69, 9.17) is 4.84 Å². The highest BCUT2D eigenvalue weighted by Crippen LogP contribution is 2.46. The topological polar surface area (TPSA) is 50.4 Å². The normalized spacial score (nSPS) is 31.5. The fourth-order valence-electron chi connectivity index (χ4n) is 6.00. The standard InChI is InChI=1S/C22H40N2O2/c1-19(2)16-22(17-20(3,4)23-19)18(25)21(24-26-22)14-12-10-8-6-5-7-9-11-13-15-21/h23-24H,5-17H2,1-4H3. The van der Waals surface area contributed by atoms with Crippen LogP contribution >= 0.6 is 0 Å². The molecule has 0 radical (unpaired) electrons.